The molecular formula is C22H14ClFN2O2. The maximum Gasteiger partial charge on any atom is 0.255 e. The first-order valence-corrected chi connectivity index (χ1v) is 8.86. The third-order valence-corrected chi connectivity index (χ3v) is 4.37. The standard InChI is InChI=1S/C22H14ClFN2O2/c23-21-11-9-16(13-25-21)26-22(27)15-8-10-20(18(24)12-15)28-19-7-3-5-14-4-1-2-6-17(14)19/h1-13H,(H,26,27). The molecule has 0 saturated heterocycles. The molecule has 0 aliphatic rings. The van der Waals surface area contributed by atoms with Crippen LogP contribution in [0.2, 0.25) is 5.15 Å². The highest BCUT2D eigenvalue weighted by atomic mass is 35.5. The predicted molar refractivity (Wildman–Crippen MR) is 108 cm³/mol. The lowest BCUT2D eigenvalue weighted by molar-refractivity contribution is 0.102. The highest BCUT2D eigenvalue weighted by Gasteiger charge is 2.13. The van der Waals surface area contributed by atoms with Gasteiger partial charge in [0.05, 0.1) is 11.9 Å². The maximum absolute atomic E-state index is 14.6. The van der Waals surface area contributed by atoms with Crippen molar-refractivity contribution < 1.29 is 13.9 Å². The topological polar surface area (TPSA) is 51.2 Å². The monoisotopic (exact) mass is 392 g/mol. The van der Waals surface area contributed by atoms with Gasteiger partial charge in [-0.25, -0.2) is 9.37 Å². The lowest BCUT2D eigenvalue weighted by atomic mass is 10.1. The Morgan fingerprint density at radius 1 is 0.964 bits per heavy atom. The summed E-state index contributed by atoms with van der Waals surface area (Å²) in [4.78, 5) is 16.2. The summed E-state index contributed by atoms with van der Waals surface area (Å²) in [6.45, 7) is 0. The van der Waals surface area contributed by atoms with Gasteiger partial charge in [0.1, 0.15) is 10.9 Å². The van der Waals surface area contributed by atoms with Crippen LogP contribution in [0.25, 0.3) is 10.8 Å². The second-order valence-electron chi connectivity index (χ2n) is 6.05. The molecule has 3 aromatic carbocycles. The molecular weight excluding hydrogens is 379 g/mol. The number of amides is 1. The smallest absolute Gasteiger partial charge is 0.255 e. The number of rotatable bonds is 4. The van der Waals surface area contributed by atoms with E-state index in [-0.39, 0.29) is 11.3 Å². The predicted octanol–water partition coefficient (Wildman–Crippen LogP) is 6.07. The van der Waals surface area contributed by atoms with E-state index in [9.17, 15) is 9.18 Å². The van der Waals surface area contributed by atoms with Crippen molar-refractivity contribution in [2.45, 2.75) is 0 Å². The molecule has 1 N–H and O–H groups in total. The summed E-state index contributed by atoms with van der Waals surface area (Å²) in [5.74, 6) is -0.503. The van der Waals surface area contributed by atoms with Gasteiger partial charge >= 0.3 is 0 Å². The van der Waals surface area contributed by atoms with Crippen molar-refractivity contribution in [1.29, 1.82) is 0 Å². The Hall–Kier alpha value is -3.44. The van der Waals surface area contributed by atoms with E-state index in [1.807, 2.05) is 36.4 Å². The van der Waals surface area contributed by atoms with Crippen molar-refractivity contribution >= 4 is 34.0 Å². The Kier molecular flexibility index (Phi) is 4.91. The molecule has 4 aromatic rings. The van der Waals surface area contributed by atoms with Crippen molar-refractivity contribution in [3.05, 3.63) is 95.5 Å². The molecule has 138 valence electrons. The molecule has 0 bridgehead atoms. The van der Waals surface area contributed by atoms with Gasteiger partial charge in [0.15, 0.2) is 11.6 Å². The summed E-state index contributed by atoms with van der Waals surface area (Å²) in [7, 11) is 0. The molecule has 0 atom stereocenters. The van der Waals surface area contributed by atoms with Gasteiger partial charge in [-0.05, 0) is 41.8 Å². The van der Waals surface area contributed by atoms with Crippen molar-refractivity contribution in [2.75, 3.05) is 5.32 Å². The fraction of sp³-hybridized carbons (Fsp3) is 0. The third-order valence-electron chi connectivity index (χ3n) is 4.15. The highest BCUT2D eigenvalue weighted by molar-refractivity contribution is 6.29. The molecule has 1 amide bonds. The Balaban J connectivity index is 1.55. The lowest BCUT2D eigenvalue weighted by Gasteiger charge is -2.11. The fourth-order valence-corrected chi connectivity index (χ4v) is 2.89. The average Bonchev–Trinajstić information content (AvgIpc) is 2.71. The molecule has 4 rings (SSSR count). The van der Waals surface area contributed by atoms with Crippen molar-refractivity contribution in [2.24, 2.45) is 0 Å². The van der Waals surface area contributed by atoms with Crippen LogP contribution in [-0.2, 0) is 0 Å². The largest absolute Gasteiger partial charge is 0.454 e. The lowest BCUT2D eigenvalue weighted by Crippen LogP contribution is -2.12. The van der Waals surface area contributed by atoms with Crippen LogP contribution < -0.4 is 10.1 Å². The molecule has 1 aromatic heterocycles. The van der Waals surface area contributed by atoms with Crippen molar-refractivity contribution in [1.82, 2.24) is 4.98 Å². The van der Waals surface area contributed by atoms with Crippen LogP contribution in [0.15, 0.2) is 79.0 Å². The molecule has 28 heavy (non-hydrogen) atoms. The number of hydrogen-bond acceptors (Lipinski definition) is 3. The molecule has 0 aliphatic heterocycles. The summed E-state index contributed by atoms with van der Waals surface area (Å²) < 4.78 is 20.3. The molecule has 0 spiro atoms. The van der Waals surface area contributed by atoms with Crippen LogP contribution in [0.3, 0.4) is 0 Å². The maximum atomic E-state index is 14.6. The second-order valence-corrected chi connectivity index (χ2v) is 6.44. The Morgan fingerprint density at radius 3 is 2.57 bits per heavy atom. The van der Waals surface area contributed by atoms with Crippen LogP contribution in [0.1, 0.15) is 10.4 Å². The average molecular weight is 393 g/mol. The quantitative estimate of drug-likeness (QED) is 0.429. The Labute approximate surface area is 165 Å². The summed E-state index contributed by atoms with van der Waals surface area (Å²) in [5.41, 5.74) is 0.628. The molecule has 4 nitrogen and oxygen atoms in total. The van der Waals surface area contributed by atoms with E-state index in [1.165, 1.54) is 18.3 Å². The van der Waals surface area contributed by atoms with Crippen LogP contribution in [0.5, 0.6) is 11.5 Å². The highest BCUT2D eigenvalue weighted by Crippen LogP contribution is 2.31. The number of pyridine rings is 1. The normalized spacial score (nSPS) is 10.6. The number of benzene rings is 3. The zero-order valence-corrected chi connectivity index (χ0v) is 15.3. The number of fused-ring (bicyclic) bond motifs is 1. The Morgan fingerprint density at radius 2 is 1.79 bits per heavy atom. The Bertz CT molecular complexity index is 1160. The van der Waals surface area contributed by atoms with E-state index >= 15 is 0 Å². The van der Waals surface area contributed by atoms with E-state index in [1.54, 1.807) is 18.2 Å². The molecule has 0 aliphatic carbocycles. The van der Waals surface area contributed by atoms with Crippen molar-refractivity contribution in [3.63, 3.8) is 0 Å². The second kappa shape index (κ2) is 7.66. The summed E-state index contributed by atoms with van der Waals surface area (Å²) in [6, 6.07) is 20.5. The van der Waals surface area contributed by atoms with Gasteiger partial charge in [-0.1, -0.05) is 48.0 Å². The third kappa shape index (κ3) is 3.80. The number of carbonyl (C=O) groups is 1. The fourth-order valence-electron chi connectivity index (χ4n) is 2.78. The van der Waals surface area contributed by atoms with E-state index in [0.29, 0.717) is 16.6 Å². The van der Waals surface area contributed by atoms with Crippen LogP contribution in [0, 0.1) is 5.82 Å². The van der Waals surface area contributed by atoms with Gasteiger partial charge in [0.2, 0.25) is 0 Å². The zero-order chi connectivity index (χ0) is 19.5. The van der Waals surface area contributed by atoms with Gasteiger partial charge in [0, 0.05) is 10.9 Å². The van der Waals surface area contributed by atoms with Crippen LogP contribution in [0.4, 0.5) is 10.1 Å². The molecule has 6 heteroatoms. The SMILES string of the molecule is O=C(Nc1ccc(Cl)nc1)c1ccc(Oc2cccc3ccccc23)c(F)c1. The van der Waals surface area contributed by atoms with E-state index < -0.39 is 11.7 Å². The first-order chi connectivity index (χ1) is 13.6. The molecule has 0 radical (unpaired) electrons. The molecule has 0 saturated carbocycles. The summed E-state index contributed by atoms with van der Waals surface area (Å²) in [6.07, 6.45) is 1.43. The molecule has 1 heterocycles. The van der Waals surface area contributed by atoms with Gasteiger partial charge in [-0.15, -0.1) is 0 Å². The number of hydrogen-bond donors (Lipinski definition) is 1. The summed E-state index contributed by atoms with van der Waals surface area (Å²) >= 11 is 5.72. The van der Waals surface area contributed by atoms with Crippen LogP contribution >= 0.6 is 11.6 Å². The summed E-state index contributed by atoms with van der Waals surface area (Å²) in [5, 5.41) is 4.83. The van der Waals surface area contributed by atoms with E-state index in [0.717, 1.165) is 16.8 Å². The zero-order valence-electron chi connectivity index (χ0n) is 14.5. The number of anilines is 1. The van der Waals surface area contributed by atoms with Gasteiger partial charge in [0.25, 0.3) is 5.91 Å². The number of halogens is 2. The van der Waals surface area contributed by atoms with Gasteiger partial charge in [-0.3, -0.25) is 4.79 Å². The number of aromatic nitrogens is 1. The number of nitrogens with zero attached hydrogens (tertiary/aromatic N) is 1. The van der Waals surface area contributed by atoms with Crippen LogP contribution in [-0.4, -0.2) is 10.9 Å². The molecule has 0 fully saturated rings. The number of carbonyl (C=O) groups excluding carboxylic acids is 1. The van der Waals surface area contributed by atoms with Gasteiger partial charge in [-0.2, -0.15) is 0 Å². The minimum absolute atomic E-state index is 0.0427. The van der Waals surface area contributed by atoms with Crippen molar-refractivity contribution in [3.8, 4) is 11.5 Å². The van der Waals surface area contributed by atoms with E-state index in [2.05, 4.69) is 10.3 Å². The molecule has 0 unspecified atom stereocenters. The minimum Gasteiger partial charge on any atom is -0.454 e. The number of nitrogens with one attached hydrogen (secondary N) is 1. The first kappa shape index (κ1) is 17.9. The van der Waals surface area contributed by atoms with E-state index in [4.69, 9.17) is 16.3 Å². The van der Waals surface area contributed by atoms with Gasteiger partial charge < -0.3 is 10.1 Å². The minimum atomic E-state index is -0.630. The number of ether oxygens (including phenoxy) is 1. The first-order valence-electron chi connectivity index (χ1n) is 8.48.